The molecule has 1 aliphatic carbocycles. The first-order valence-electron chi connectivity index (χ1n) is 12.4. The van der Waals surface area contributed by atoms with Crippen LogP contribution in [0.4, 0.5) is 0 Å². The standard InChI is InChI=1S/C8H10.C5H5N.C5H6.C4H10O.4C2H6.CH4/c1-7-3-5-8(2)6-4-7;1-2-4-6-5-3-1;1-2-4-5-3-1;1-3-4-5-2;4*1-2;/h3-6H,1-2H3;1-5H;1-4H,5H2;3-4H2,1-2H3;4*1-2H3;1H4. The van der Waals surface area contributed by atoms with Crippen molar-refractivity contribution in [1.82, 2.24) is 4.98 Å². The van der Waals surface area contributed by atoms with Gasteiger partial charge in [-0.3, -0.25) is 4.98 Å². The molecule has 0 bridgehead atoms. The molecule has 2 aromatic rings. The van der Waals surface area contributed by atoms with Crippen LogP contribution in [0.15, 0.2) is 79.2 Å². The maximum atomic E-state index is 4.69. The van der Waals surface area contributed by atoms with Gasteiger partial charge in [0.25, 0.3) is 0 Å². The summed E-state index contributed by atoms with van der Waals surface area (Å²) in [4.78, 5) is 3.78. The maximum Gasteiger partial charge on any atom is 0.0459 e. The van der Waals surface area contributed by atoms with Gasteiger partial charge < -0.3 is 4.74 Å². The summed E-state index contributed by atoms with van der Waals surface area (Å²) >= 11 is 0. The van der Waals surface area contributed by atoms with E-state index in [1.807, 2.05) is 73.6 Å². The summed E-state index contributed by atoms with van der Waals surface area (Å²) in [6.45, 7) is 23.2. The maximum absolute atomic E-state index is 4.69. The number of allylic oxidation sites excluding steroid dienone is 4. The Morgan fingerprint density at radius 2 is 1.06 bits per heavy atom. The molecule has 1 aliphatic rings. The van der Waals surface area contributed by atoms with Crippen LogP contribution in [0.3, 0.4) is 0 Å². The predicted octanol–water partition coefficient (Wildman–Crippen LogP) is 10.7. The second-order valence-electron chi connectivity index (χ2n) is 5.26. The summed E-state index contributed by atoms with van der Waals surface area (Å²) in [7, 11) is 1.71. The molecule has 0 amide bonds. The molecule has 33 heavy (non-hydrogen) atoms. The van der Waals surface area contributed by atoms with E-state index in [0.717, 1.165) is 19.4 Å². The Hall–Kier alpha value is -2.19. The first-order chi connectivity index (χ1) is 15.7. The highest BCUT2D eigenvalue weighted by molar-refractivity contribution is 5.19. The fourth-order valence-corrected chi connectivity index (χ4v) is 1.55. The van der Waals surface area contributed by atoms with Crippen molar-refractivity contribution < 1.29 is 4.74 Å². The van der Waals surface area contributed by atoms with E-state index in [1.165, 1.54) is 11.1 Å². The summed E-state index contributed by atoms with van der Waals surface area (Å²) in [5.41, 5.74) is 2.66. The first-order valence-corrected chi connectivity index (χ1v) is 12.4. The lowest BCUT2D eigenvalue weighted by Gasteiger charge is -1.90. The van der Waals surface area contributed by atoms with Crippen LogP contribution < -0.4 is 0 Å². The van der Waals surface area contributed by atoms with Crippen molar-refractivity contribution in [1.29, 1.82) is 0 Å². The number of nitrogens with zero attached hydrogens (tertiary/aromatic N) is 1. The summed E-state index contributed by atoms with van der Waals surface area (Å²) < 4.78 is 4.69. The van der Waals surface area contributed by atoms with Gasteiger partial charge in [0.1, 0.15) is 0 Å². The molecule has 2 nitrogen and oxygen atoms in total. The van der Waals surface area contributed by atoms with Gasteiger partial charge in [0, 0.05) is 26.1 Å². The SMILES string of the molecule is C.C1=CCC=C1.CC.CC.CC.CC.CCCOC.Cc1ccc(C)cc1.c1ccncc1. The van der Waals surface area contributed by atoms with Crippen LogP contribution >= 0.6 is 0 Å². The Kier molecular flexibility index (Phi) is 70.1. The normalized spacial score (nSPS) is 8.36. The molecule has 2 heteroatoms. The molecule has 0 saturated carbocycles. The lowest BCUT2D eigenvalue weighted by Crippen LogP contribution is -1.80. The van der Waals surface area contributed by atoms with Crippen molar-refractivity contribution in [2.75, 3.05) is 13.7 Å². The van der Waals surface area contributed by atoms with Gasteiger partial charge in [0.15, 0.2) is 0 Å². The van der Waals surface area contributed by atoms with Gasteiger partial charge in [-0.1, -0.05) is 136 Å². The van der Waals surface area contributed by atoms with Crippen LogP contribution in [0.5, 0.6) is 0 Å². The summed E-state index contributed by atoms with van der Waals surface area (Å²) in [5, 5.41) is 0. The quantitative estimate of drug-likeness (QED) is 0.443. The van der Waals surface area contributed by atoms with Crippen LogP contribution in [0.25, 0.3) is 0 Å². The highest BCUT2D eigenvalue weighted by Gasteiger charge is 1.79. The van der Waals surface area contributed by atoms with Crippen molar-refractivity contribution in [2.24, 2.45) is 0 Å². The third-order valence-corrected chi connectivity index (χ3v) is 2.85. The molecule has 1 aromatic heterocycles. The van der Waals surface area contributed by atoms with E-state index in [0.29, 0.717) is 0 Å². The van der Waals surface area contributed by atoms with E-state index in [-0.39, 0.29) is 7.43 Å². The molecule has 3 rings (SSSR count). The lowest BCUT2D eigenvalue weighted by atomic mass is 10.2. The fraction of sp³-hybridized carbons (Fsp3) is 0.516. The molecule has 0 aliphatic heterocycles. The van der Waals surface area contributed by atoms with Crippen LogP contribution in [0.2, 0.25) is 0 Å². The molecule has 0 unspecified atom stereocenters. The number of pyridine rings is 1. The number of ether oxygens (including phenoxy) is 1. The molecule has 194 valence electrons. The largest absolute Gasteiger partial charge is 0.385 e. The predicted molar refractivity (Wildman–Crippen MR) is 157 cm³/mol. The molecule has 1 heterocycles. The zero-order valence-electron chi connectivity index (χ0n) is 23.5. The molecule has 0 fully saturated rings. The molecule has 0 saturated heterocycles. The zero-order valence-corrected chi connectivity index (χ0v) is 23.5. The van der Waals surface area contributed by atoms with Crippen molar-refractivity contribution in [3.05, 3.63) is 90.3 Å². The minimum absolute atomic E-state index is 0. The zero-order chi connectivity index (χ0) is 25.9. The second kappa shape index (κ2) is 52.0. The van der Waals surface area contributed by atoms with Crippen LogP contribution in [0, 0.1) is 13.8 Å². The molecular weight excluding hydrogens is 402 g/mol. The molecule has 0 atom stereocenters. The Balaban J connectivity index is -0.0000000670. The highest BCUT2D eigenvalue weighted by Crippen LogP contribution is 1.99. The lowest BCUT2D eigenvalue weighted by molar-refractivity contribution is 0.199. The minimum Gasteiger partial charge on any atom is -0.385 e. The van der Waals surface area contributed by atoms with E-state index < -0.39 is 0 Å². The molecule has 0 radical (unpaired) electrons. The van der Waals surface area contributed by atoms with Crippen molar-refractivity contribution in [3.63, 3.8) is 0 Å². The Morgan fingerprint density at radius 3 is 1.18 bits per heavy atom. The van der Waals surface area contributed by atoms with Gasteiger partial charge >= 0.3 is 0 Å². The van der Waals surface area contributed by atoms with Crippen LogP contribution in [-0.2, 0) is 4.74 Å². The van der Waals surface area contributed by atoms with Gasteiger partial charge in [-0.15, -0.1) is 0 Å². The smallest absolute Gasteiger partial charge is 0.0459 e. The first kappa shape index (κ1) is 44.5. The summed E-state index contributed by atoms with van der Waals surface area (Å²) in [6.07, 6.45) is 14.1. The van der Waals surface area contributed by atoms with Crippen molar-refractivity contribution in [3.8, 4) is 0 Å². The summed E-state index contributed by atoms with van der Waals surface area (Å²) in [5.74, 6) is 0. The molecule has 0 spiro atoms. The van der Waals surface area contributed by atoms with Gasteiger partial charge in [-0.05, 0) is 38.8 Å². The topological polar surface area (TPSA) is 22.1 Å². The number of rotatable bonds is 2. The summed E-state index contributed by atoms with van der Waals surface area (Å²) in [6, 6.07) is 14.2. The molecular formula is C31H59NO. The van der Waals surface area contributed by atoms with Gasteiger partial charge in [-0.25, -0.2) is 0 Å². The molecule has 0 N–H and O–H groups in total. The van der Waals surface area contributed by atoms with E-state index in [9.17, 15) is 0 Å². The van der Waals surface area contributed by atoms with Gasteiger partial charge in [0.05, 0.1) is 0 Å². The van der Waals surface area contributed by atoms with E-state index >= 15 is 0 Å². The monoisotopic (exact) mass is 461 g/mol. The Bertz CT molecular complexity index is 471. The van der Waals surface area contributed by atoms with E-state index in [2.05, 4.69) is 74.3 Å². The van der Waals surface area contributed by atoms with Crippen molar-refractivity contribution in [2.45, 2.75) is 96.4 Å². The number of aromatic nitrogens is 1. The number of hydrogen-bond acceptors (Lipinski definition) is 2. The van der Waals surface area contributed by atoms with Gasteiger partial charge in [-0.2, -0.15) is 0 Å². The second-order valence-corrected chi connectivity index (χ2v) is 5.26. The van der Waals surface area contributed by atoms with Crippen LogP contribution in [-0.4, -0.2) is 18.7 Å². The van der Waals surface area contributed by atoms with Gasteiger partial charge in [0.2, 0.25) is 0 Å². The third kappa shape index (κ3) is 53.2. The highest BCUT2D eigenvalue weighted by atomic mass is 16.5. The van der Waals surface area contributed by atoms with Crippen molar-refractivity contribution >= 4 is 0 Å². The number of methoxy groups -OCH3 is 1. The Morgan fingerprint density at radius 1 is 0.697 bits per heavy atom. The number of aryl methyl sites for hydroxylation is 2. The van der Waals surface area contributed by atoms with E-state index in [1.54, 1.807) is 19.5 Å². The van der Waals surface area contributed by atoms with Crippen LogP contribution in [0.1, 0.15) is 93.7 Å². The number of hydrogen-bond donors (Lipinski definition) is 0. The third-order valence-electron chi connectivity index (χ3n) is 2.85. The van der Waals surface area contributed by atoms with E-state index in [4.69, 9.17) is 4.74 Å². The fourth-order valence-electron chi connectivity index (χ4n) is 1.55. The average Bonchev–Trinajstić information content (AvgIpc) is 3.49. The Labute approximate surface area is 210 Å². The number of benzene rings is 1. The molecule has 1 aromatic carbocycles. The average molecular weight is 462 g/mol. The minimum atomic E-state index is 0.